The molecule has 1 N–H and O–H groups in total. The summed E-state index contributed by atoms with van der Waals surface area (Å²) in [5, 5.41) is 14.2. The molecule has 0 aliphatic heterocycles. The standard InChI is InChI=1S/C12H10Cl2FN3O2/c1-17-8(4-9(13)12(17)14)6-16-11-3-2-7(18(19)20)5-10(11)15/h2-5,16H,6H2,1H3. The Labute approximate surface area is 124 Å². The van der Waals surface area contributed by atoms with Crippen LogP contribution in [0, 0.1) is 15.9 Å². The van der Waals surface area contributed by atoms with Crippen LogP contribution in [0.5, 0.6) is 0 Å². The van der Waals surface area contributed by atoms with Crippen LogP contribution in [0.4, 0.5) is 15.8 Å². The van der Waals surface area contributed by atoms with E-state index in [-0.39, 0.29) is 17.9 Å². The second-order valence-corrected chi connectivity index (χ2v) is 4.87. The fourth-order valence-electron chi connectivity index (χ4n) is 1.71. The van der Waals surface area contributed by atoms with E-state index in [1.165, 1.54) is 12.1 Å². The summed E-state index contributed by atoms with van der Waals surface area (Å²) < 4.78 is 15.3. The van der Waals surface area contributed by atoms with Crippen molar-refractivity contribution in [3.05, 3.63) is 56.1 Å². The van der Waals surface area contributed by atoms with Gasteiger partial charge in [-0.15, -0.1) is 0 Å². The predicted molar refractivity (Wildman–Crippen MR) is 75.8 cm³/mol. The van der Waals surface area contributed by atoms with Gasteiger partial charge in [0, 0.05) is 18.8 Å². The van der Waals surface area contributed by atoms with Gasteiger partial charge in [0.15, 0.2) is 5.82 Å². The van der Waals surface area contributed by atoms with Gasteiger partial charge in [0.25, 0.3) is 5.69 Å². The molecule has 2 rings (SSSR count). The Hall–Kier alpha value is -1.79. The first kappa shape index (κ1) is 14.6. The molecule has 0 aliphatic rings. The highest BCUT2D eigenvalue weighted by Crippen LogP contribution is 2.26. The van der Waals surface area contributed by atoms with Crippen LogP contribution in [0.25, 0.3) is 0 Å². The maximum absolute atomic E-state index is 13.7. The lowest BCUT2D eigenvalue weighted by atomic mass is 10.2. The van der Waals surface area contributed by atoms with Crippen LogP contribution in [0.3, 0.4) is 0 Å². The number of non-ortho nitro benzene ring substituents is 1. The largest absolute Gasteiger partial charge is 0.377 e. The Morgan fingerprint density at radius 2 is 2.10 bits per heavy atom. The summed E-state index contributed by atoms with van der Waals surface area (Å²) in [5.41, 5.74) is 0.639. The molecule has 2 aromatic rings. The normalized spacial score (nSPS) is 10.6. The third-order valence-electron chi connectivity index (χ3n) is 2.84. The minimum atomic E-state index is -0.689. The van der Waals surface area contributed by atoms with Gasteiger partial charge in [0.2, 0.25) is 0 Å². The maximum Gasteiger partial charge on any atom is 0.272 e. The molecule has 106 valence electrons. The van der Waals surface area contributed by atoms with Crippen LogP contribution < -0.4 is 5.32 Å². The van der Waals surface area contributed by atoms with Gasteiger partial charge in [-0.25, -0.2) is 4.39 Å². The lowest BCUT2D eigenvalue weighted by molar-refractivity contribution is -0.385. The fourth-order valence-corrected chi connectivity index (χ4v) is 2.12. The van der Waals surface area contributed by atoms with Crippen molar-refractivity contribution < 1.29 is 9.31 Å². The zero-order valence-electron chi connectivity index (χ0n) is 10.4. The lowest BCUT2D eigenvalue weighted by Gasteiger charge is -2.08. The molecule has 0 atom stereocenters. The van der Waals surface area contributed by atoms with Crippen molar-refractivity contribution >= 4 is 34.6 Å². The Balaban J connectivity index is 2.15. The molecule has 1 aromatic carbocycles. The quantitative estimate of drug-likeness (QED) is 0.685. The summed E-state index contributed by atoms with van der Waals surface area (Å²) in [5.74, 6) is -0.689. The first-order valence-electron chi connectivity index (χ1n) is 5.57. The topological polar surface area (TPSA) is 60.1 Å². The van der Waals surface area contributed by atoms with Crippen molar-refractivity contribution in [1.82, 2.24) is 4.57 Å². The smallest absolute Gasteiger partial charge is 0.272 e. The molecule has 0 radical (unpaired) electrons. The molecule has 0 fully saturated rings. The predicted octanol–water partition coefficient (Wildman–Crippen LogP) is 3.99. The third kappa shape index (κ3) is 2.86. The molecule has 0 amide bonds. The van der Waals surface area contributed by atoms with E-state index in [1.807, 2.05) is 0 Å². The van der Waals surface area contributed by atoms with Gasteiger partial charge < -0.3 is 9.88 Å². The van der Waals surface area contributed by atoms with Crippen molar-refractivity contribution in [1.29, 1.82) is 0 Å². The molecule has 0 bridgehead atoms. The summed E-state index contributed by atoms with van der Waals surface area (Å²) in [6.07, 6.45) is 0. The number of rotatable bonds is 4. The van der Waals surface area contributed by atoms with Crippen molar-refractivity contribution in [3.8, 4) is 0 Å². The lowest BCUT2D eigenvalue weighted by Crippen LogP contribution is -2.06. The van der Waals surface area contributed by atoms with Gasteiger partial charge in [-0.05, 0) is 12.1 Å². The number of nitro benzene ring substituents is 1. The number of hydrogen-bond donors (Lipinski definition) is 1. The van der Waals surface area contributed by atoms with Gasteiger partial charge in [0.05, 0.1) is 28.2 Å². The Morgan fingerprint density at radius 1 is 1.40 bits per heavy atom. The van der Waals surface area contributed by atoms with E-state index in [2.05, 4.69) is 5.32 Å². The van der Waals surface area contributed by atoms with E-state index in [4.69, 9.17) is 23.2 Å². The molecule has 0 spiro atoms. The average molecular weight is 318 g/mol. The monoisotopic (exact) mass is 317 g/mol. The first-order valence-corrected chi connectivity index (χ1v) is 6.33. The highest BCUT2D eigenvalue weighted by atomic mass is 35.5. The Bertz CT molecular complexity index is 673. The van der Waals surface area contributed by atoms with E-state index < -0.39 is 10.7 Å². The van der Waals surface area contributed by atoms with Crippen LogP contribution in [-0.2, 0) is 13.6 Å². The van der Waals surface area contributed by atoms with Crippen molar-refractivity contribution in [2.45, 2.75) is 6.54 Å². The highest BCUT2D eigenvalue weighted by Gasteiger charge is 2.12. The molecule has 0 unspecified atom stereocenters. The minimum Gasteiger partial charge on any atom is -0.377 e. The average Bonchev–Trinajstić information content (AvgIpc) is 2.64. The third-order valence-corrected chi connectivity index (χ3v) is 3.68. The van der Waals surface area contributed by atoms with E-state index in [0.29, 0.717) is 10.2 Å². The van der Waals surface area contributed by atoms with Crippen LogP contribution in [0.15, 0.2) is 24.3 Å². The molecule has 20 heavy (non-hydrogen) atoms. The van der Waals surface area contributed by atoms with Crippen LogP contribution in [0.2, 0.25) is 10.2 Å². The van der Waals surface area contributed by atoms with Gasteiger partial charge in [-0.3, -0.25) is 10.1 Å². The number of halogens is 3. The zero-order valence-corrected chi connectivity index (χ0v) is 11.9. The molecule has 0 saturated carbocycles. The number of benzene rings is 1. The van der Waals surface area contributed by atoms with Crippen LogP contribution in [0.1, 0.15) is 5.69 Å². The minimum absolute atomic E-state index is 0.170. The SMILES string of the molecule is Cn1c(CNc2ccc([N+](=O)[O-])cc2F)cc(Cl)c1Cl. The number of aromatic nitrogens is 1. The van der Waals surface area contributed by atoms with Gasteiger partial charge in [-0.2, -0.15) is 0 Å². The fraction of sp³-hybridized carbons (Fsp3) is 0.167. The van der Waals surface area contributed by atoms with Gasteiger partial charge >= 0.3 is 0 Å². The molecule has 1 aromatic heterocycles. The second kappa shape index (κ2) is 5.68. The molecular formula is C12H10Cl2FN3O2. The van der Waals surface area contributed by atoms with E-state index in [9.17, 15) is 14.5 Å². The molecule has 0 aliphatic carbocycles. The summed E-state index contributed by atoms with van der Waals surface area (Å²) in [4.78, 5) is 9.87. The van der Waals surface area contributed by atoms with Crippen LogP contribution >= 0.6 is 23.2 Å². The number of hydrogen-bond acceptors (Lipinski definition) is 3. The summed E-state index contributed by atoms with van der Waals surface area (Å²) in [7, 11) is 1.73. The van der Waals surface area contributed by atoms with E-state index in [1.54, 1.807) is 17.7 Å². The van der Waals surface area contributed by atoms with Gasteiger partial charge in [0.1, 0.15) is 5.15 Å². The summed E-state index contributed by atoms with van der Waals surface area (Å²) in [6, 6.07) is 5.09. The zero-order chi connectivity index (χ0) is 14.9. The number of nitrogens with one attached hydrogen (secondary N) is 1. The maximum atomic E-state index is 13.7. The molecule has 5 nitrogen and oxygen atoms in total. The van der Waals surface area contributed by atoms with Crippen molar-refractivity contribution in [2.24, 2.45) is 7.05 Å². The first-order chi connectivity index (χ1) is 9.40. The Kier molecular flexibility index (Phi) is 4.15. The summed E-state index contributed by atoms with van der Waals surface area (Å²) in [6.45, 7) is 0.289. The van der Waals surface area contributed by atoms with Crippen LogP contribution in [-0.4, -0.2) is 9.49 Å². The Morgan fingerprint density at radius 3 is 2.60 bits per heavy atom. The van der Waals surface area contributed by atoms with E-state index in [0.717, 1.165) is 11.8 Å². The molecule has 0 saturated heterocycles. The molecule has 1 heterocycles. The number of anilines is 1. The highest BCUT2D eigenvalue weighted by molar-refractivity contribution is 6.41. The number of nitro groups is 1. The molecule has 8 heteroatoms. The van der Waals surface area contributed by atoms with E-state index >= 15 is 0 Å². The summed E-state index contributed by atoms with van der Waals surface area (Å²) >= 11 is 11.8. The van der Waals surface area contributed by atoms with Crippen molar-refractivity contribution in [2.75, 3.05) is 5.32 Å². The number of nitrogens with zero attached hydrogens (tertiary/aromatic N) is 2. The van der Waals surface area contributed by atoms with Gasteiger partial charge in [-0.1, -0.05) is 23.2 Å². The second-order valence-electron chi connectivity index (χ2n) is 4.11. The molecular weight excluding hydrogens is 308 g/mol. The van der Waals surface area contributed by atoms with Crippen molar-refractivity contribution in [3.63, 3.8) is 0 Å².